The predicted molar refractivity (Wildman–Crippen MR) is 105 cm³/mol. The van der Waals surface area contributed by atoms with Crippen LogP contribution >= 0.6 is 11.6 Å². The molecule has 3 aromatic rings. The smallest absolute Gasteiger partial charge is 0.249 e. The summed E-state index contributed by atoms with van der Waals surface area (Å²) in [5, 5.41) is 15.1. The fraction of sp³-hybridized carbons (Fsp3) is 0.211. The topological polar surface area (TPSA) is 72.0 Å². The second kappa shape index (κ2) is 7.58. The molecular weight excluding hydrogens is 350 g/mol. The monoisotopic (exact) mass is 369 g/mol. The number of hydrogen-bond donors (Lipinski definition) is 2. The molecule has 0 radical (unpaired) electrons. The molecule has 2 N–H and O–H groups in total. The van der Waals surface area contributed by atoms with E-state index in [-0.39, 0.29) is 0 Å². The highest BCUT2D eigenvalue weighted by molar-refractivity contribution is 6.31. The first-order chi connectivity index (χ1) is 12.4. The van der Waals surface area contributed by atoms with E-state index in [9.17, 15) is 0 Å². The van der Waals surface area contributed by atoms with E-state index >= 15 is 0 Å². The van der Waals surface area contributed by atoms with E-state index in [2.05, 4.69) is 31.9 Å². The molecule has 1 aromatic heterocycles. The molecule has 0 spiro atoms. The quantitative estimate of drug-likeness (QED) is 0.663. The summed E-state index contributed by atoms with van der Waals surface area (Å²) in [4.78, 5) is 4.47. The second-order valence-electron chi connectivity index (χ2n) is 6.09. The fourth-order valence-corrected chi connectivity index (χ4v) is 2.81. The van der Waals surface area contributed by atoms with Crippen molar-refractivity contribution in [1.29, 1.82) is 0 Å². The first-order valence-corrected chi connectivity index (χ1v) is 8.48. The summed E-state index contributed by atoms with van der Waals surface area (Å²) < 4.78 is 5.38. The van der Waals surface area contributed by atoms with Gasteiger partial charge in [0.05, 0.1) is 19.0 Å². The lowest BCUT2D eigenvalue weighted by Crippen LogP contribution is -2.03. The number of nitrogens with one attached hydrogen (secondary N) is 2. The molecule has 0 amide bonds. The van der Waals surface area contributed by atoms with Gasteiger partial charge in [-0.3, -0.25) is 0 Å². The first-order valence-electron chi connectivity index (χ1n) is 8.11. The van der Waals surface area contributed by atoms with E-state index in [1.807, 2.05) is 39.0 Å². The lowest BCUT2D eigenvalue weighted by atomic mass is 10.1. The van der Waals surface area contributed by atoms with Gasteiger partial charge in [0.1, 0.15) is 5.75 Å². The van der Waals surface area contributed by atoms with Crippen LogP contribution in [0.25, 0.3) is 0 Å². The lowest BCUT2D eigenvalue weighted by Gasteiger charge is -2.13. The Balaban J connectivity index is 1.85. The summed E-state index contributed by atoms with van der Waals surface area (Å²) >= 11 is 6.15. The van der Waals surface area contributed by atoms with Gasteiger partial charge in [0, 0.05) is 16.8 Å². The average molecular weight is 370 g/mol. The van der Waals surface area contributed by atoms with Gasteiger partial charge >= 0.3 is 0 Å². The summed E-state index contributed by atoms with van der Waals surface area (Å²) in [7, 11) is 1.59. The van der Waals surface area contributed by atoms with E-state index < -0.39 is 0 Å². The van der Waals surface area contributed by atoms with Crippen molar-refractivity contribution in [3.8, 4) is 5.75 Å². The molecule has 0 atom stereocenters. The third kappa shape index (κ3) is 4.21. The molecule has 0 unspecified atom stereocenters. The Hall–Kier alpha value is -2.86. The molecule has 0 aliphatic carbocycles. The standard InChI is InChI=1S/C19H20ClN5O/c1-11-5-12(2)7-14(6-11)22-19-24-18(10-21-25-19)23-16-8-13(3)15(20)9-17(16)26-4/h5-10H,1-4H3,(H2,22,23,24,25). The minimum atomic E-state index is 0.407. The molecule has 134 valence electrons. The Labute approximate surface area is 157 Å². The minimum Gasteiger partial charge on any atom is -0.495 e. The van der Waals surface area contributed by atoms with Crippen molar-refractivity contribution in [1.82, 2.24) is 15.2 Å². The van der Waals surface area contributed by atoms with Gasteiger partial charge in [-0.15, -0.1) is 5.10 Å². The number of hydrogen-bond acceptors (Lipinski definition) is 6. The van der Waals surface area contributed by atoms with Crippen LogP contribution in [0.15, 0.2) is 36.5 Å². The number of ether oxygens (including phenoxy) is 1. The van der Waals surface area contributed by atoms with Crippen LogP contribution in [0, 0.1) is 20.8 Å². The number of benzene rings is 2. The second-order valence-corrected chi connectivity index (χ2v) is 6.50. The normalized spacial score (nSPS) is 10.5. The van der Waals surface area contributed by atoms with Crippen LogP contribution in [0.2, 0.25) is 5.02 Å². The van der Waals surface area contributed by atoms with Crippen molar-refractivity contribution in [2.24, 2.45) is 0 Å². The number of aromatic nitrogens is 3. The van der Waals surface area contributed by atoms with E-state index in [1.165, 1.54) is 0 Å². The number of methoxy groups -OCH3 is 1. The fourth-order valence-electron chi connectivity index (χ4n) is 2.66. The molecule has 0 aliphatic heterocycles. The molecule has 0 aliphatic rings. The van der Waals surface area contributed by atoms with E-state index in [1.54, 1.807) is 19.4 Å². The number of nitrogens with zero attached hydrogens (tertiary/aromatic N) is 3. The van der Waals surface area contributed by atoms with Crippen molar-refractivity contribution in [3.63, 3.8) is 0 Å². The maximum absolute atomic E-state index is 6.15. The first kappa shape index (κ1) is 17.9. The van der Waals surface area contributed by atoms with E-state index in [4.69, 9.17) is 16.3 Å². The van der Waals surface area contributed by atoms with Crippen LogP contribution in [0.4, 0.5) is 23.1 Å². The van der Waals surface area contributed by atoms with Gasteiger partial charge in [0.15, 0.2) is 5.82 Å². The Morgan fingerprint density at radius 1 is 0.962 bits per heavy atom. The van der Waals surface area contributed by atoms with Crippen LogP contribution in [0.1, 0.15) is 16.7 Å². The lowest BCUT2D eigenvalue weighted by molar-refractivity contribution is 0.416. The molecule has 2 aromatic carbocycles. The highest BCUT2D eigenvalue weighted by Crippen LogP contribution is 2.32. The SMILES string of the molecule is COc1cc(Cl)c(C)cc1Nc1cnnc(Nc2cc(C)cc(C)c2)n1. The van der Waals surface area contributed by atoms with Crippen molar-refractivity contribution >= 4 is 34.7 Å². The molecule has 3 rings (SSSR count). The van der Waals surface area contributed by atoms with Crippen molar-refractivity contribution in [2.45, 2.75) is 20.8 Å². The Kier molecular flexibility index (Phi) is 5.23. The third-order valence-electron chi connectivity index (χ3n) is 3.78. The number of anilines is 4. The molecule has 0 saturated heterocycles. The van der Waals surface area contributed by atoms with Crippen molar-refractivity contribution in [2.75, 3.05) is 17.7 Å². The molecule has 6 nitrogen and oxygen atoms in total. The summed E-state index contributed by atoms with van der Waals surface area (Å²) in [5.41, 5.74) is 4.94. The molecule has 0 fully saturated rings. The van der Waals surface area contributed by atoms with E-state index in [0.29, 0.717) is 22.5 Å². The number of halogens is 1. The van der Waals surface area contributed by atoms with Crippen LogP contribution in [0.5, 0.6) is 5.75 Å². The Morgan fingerprint density at radius 2 is 1.69 bits per heavy atom. The molecule has 1 heterocycles. The molecule has 26 heavy (non-hydrogen) atoms. The average Bonchev–Trinajstić information content (AvgIpc) is 2.57. The zero-order chi connectivity index (χ0) is 18.7. The van der Waals surface area contributed by atoms with Gasteiger partial charge in [0.2, 0.25) is 5.95 Å². The van der Waals surface area contributed by atoms with Crippen LogP contribution in [-0.2, 0) is 0 Å². The molecule has 0 saturated carbocycles. The van der Waals surface area contributed by atoms with Gasteiger partial charge in [-0.2, -0.15) is 10.1 Å². The highest BCUT2D eigenvalue weighted by atomic mass is 35.5. The summed E-state index contributed by atoms with van der Waals surface area (Å²) in [5.74, 6) is 1.58. The van der Waals surface area contributed by atoms with E-state index in [0.717, 1.165) is 28.1 Å². The van der Waals surface area contributed by atoms with Crippen LogP contribution in [0.3, 0.4) is 0 Å². The van der Waals surface area contributed by atoms with Gasteiger partial charge < -0.3 is 15.4 Å². The zero-order valence-electron chi connectivity index (χ0n) is 15.1. The van der Waals surface area contributed by atoms with Crippen molar-refractivity contribution in [3.05, 3.63) is 58.2 Å². The van der Waals surface area contributed by atoms with Gasteiger partial charge in [-0.05, 0) is 55.7 Å². The largest absolute Gasteiger partial charge is 0.495 e. The molecular formula is C19H20ClN5O. The van der Waals surface area contributed by atoms with Crippen molar-refractivity contribution < 1.29 is 4.74 Å². The third-order valence-corrected chi connectivity index (χ3v) is 4.19. The predicted octanol–water partition coefficient (Wildman–Crippen LogP) is 4.95. The van der Waals surface area contributed by atoms with Gasteiger partial charge in [-0.25, -0.2) is 0 Å². The maximum atomic E-state index is 6.15. The Bertz CT molecular complexity index is 925. The minimum absolute atomic E-state index is 0.407. The van der Waals surface area contributed by atoms with Gasteiger partial charge in [0.25, 0.3) is 0 Å². The maximum Gasteiger partial charge on any atom is 0.249 e. The summed E-state index contributed by atoms with van der Waals surface area (Å²) in [6.07, 6.45) is 1.55. The number of rotatable bonds is 5. The zero-order valence-corrected chi connectivity index (χ0v) is 15.8. The van der Waals surface area contributed by atoms with Gasteiger partial charge in [-0.1, -0.05) is 17.7 Å². The summed E-state index contributed by atoms with van der Waals surface area (Å²) in [6, 6.07) is 9.84. The highest BCUT2D eigenvalue weighted by Gasteiger charge is 2.09. The van der Waals surface area contributed by atoms with Crippen LogP contribution in [-0.4, -0.2) is 22.3 Å². The van der Waals surface area contributed by atoms with Crippen LogP contribution < -0.4 is 15.4 Å². The molecule has 0 bridgehead atoms. The summed E-state index contributed by atoms with van der Waals surface area (Å²) in [6.45, 7) is 6.02. The Morgan fingerprint density at radius 3 is 2.38 bits per heavy atom. The molecule has 7 heteroatoms. The number of aryl methyl sites for hydroxylation is 3.